The number of imidazole rings is 1. The van der Waals surface area contributed by atoms with E-state index in [1.54, 1.807) is 18.7 Å². The SMILES string of the molecule is Cc1noc(C)c1-c1cncc(CCC2CCCN2C(=O)CCn2ccnc2)n1. The fourth-order valence-electron chi connectivity index (χ4n) is 4.06. The summed E-state index contributed by atoms with van der Waals surface area (Å²) in [5, 5.41) is 4.00. The van der Waals surface area contributed by atoms with Crippen LogP contribution in [-0.2, 0) is 17.8 Å². The number of aromatic nitrogens is 5. The number of likely N-dealkylation sites (tertiary alicyclic amines) is 1. The number of carbonyl (C=O) groups is 1. The van der Waals surface area contributed by atoms with Gasteiger partial charge in [-0.05, 0) is 39.5 Å². The van der Waals surface area contributed by atoms with Crippen LogP contribution in [-0.4, -0.2) is 48.1 Å². The monoisotopic (exact) mass is 394 g/mol. The molecule has 8 nitrogen and oxygen atoms in total. The van der Waals surface area contributed by atoms with Gasteiger partial charge in [0.1, 0.15) is 5.76 Å². The van der Waals surface area contributed by atoms with E-state index in [1.165, 1.54) is 0 Å². The van der Waals surface area contributed by atoms with Crippen molar-refractivity contribution in [2.24, 2.45) is 0 Å². The highest BCUT2D eigenvalue weighted by Gasteiger charge is 2.28. The summed E-state index contributed by atoms with van der Waals surface area (Å²) in [5.74, 6) is 0.969. The smallest absolute Gasteiger partial charge is 0.224 e. The molecule has 1 fully saturated rings. The predicted octanol–water partition coefficient (Wildman–Crippen LogP) is 2.96. The Bertz CT molecular complexity index is 946. The first-order valence-corrected chi connectivity index (χ1v) is 10.1. The Morgan fingerprint density at radius 1 is 1.28 bits per heavy atom. The Morgan fingerprint density at radius 3 is 2.93 bits per heavy atom. The molecule has 0 spiro atoms. The number of nitrogens with zero attached hydrogens (tertiary/aromatic N) is 6. The number of aryl methyl sites for hydroxylation is 4. The number of carbonyl (C=O) groups excluding carboxylic acids is 1. The molecule has 3 aromatic rings. The van der Waals surface area contributed by atoms with Crippen molar-refractivity contribution in [2.75, 3.05) is 6.54 Å². The summed E-state index contributed by atoms with van der Waals surface area (Å²) in [6.07, 6.45) is 13.2. The van der Waals surface area contributed by atoms with Crippen molar-refractivity contribution < 1.29 is 9.32 Å². The van der Waals surface area contributed by atoms with E-state index in [1.807, 2.05) is 35.7 Å². The van der Waals surface area contributed by atoms with Crippen LogP contribution in [0, 0.1) is 13.8 Å². The highest BCUT2D eigenvalue weighted by atomic mass is 16.5. The molecule has 0 aromatic carbocycles. The molecule has 3 aromatic heterocycles. The first kappa shape index (κ1) is 19.3. The molecular weight excluding hydrogens is 368 g/mol. The van der Waals surface area contributed by atoms with E-state index >= 15 is 0 Å². The van der Waals surface area contributed by atoms with E-state index in [0.717, 1.165) is 60.6 Å². The lowest BCUT2D eigenvalue weighted by Crippen LogP contribution is -2.36. The molecule has 1 aliphatic rings. The van der Waals surface area contributed by atoms with Gasteiger partial charge in [0.05, 0.1) is 35.2 Å². The third-order valence-electron chi connectivity index (χ3n) is 5.55. The molecule has 4 heterocycles. The van der Waals surface area contributed by atoms with E-state index in [4.69, 9.17) is 9.51 Å². The number of hydrogen-bond donors (Lipinski definition) is 0. The normalized spacial score (nSPS) is 16.5. The quantitative estimate of drug-likeness (QED) is 0.612. The van der Waals surface area contributed by atoms with Crippen LogP contribution in [0.2, 0.25) is 0 Å². The van der Waals surface area contributed by atoms with Gasteiger partial charge in [0.2, 0.25) is 5.91 Å². The van der Waals surface area contributed by atoms with Crippen LogP contribution in [0.25, 0.3) is 11.3 Å². The molecule has 0 radical (unpaired) electrons. The maximum atomic E-state index is 12.7. The minimum absolute atomic E-state index is 0.219. The topological polar surface area (TPSA) is 89.9 Å². The minimum atomic E-state index is 0.219. The van der Waals surface area contributed by atoms with E-state index < -0.39 is 0 Å². The van der Waals surface area contributed by atoms with Crippen LogP contribution in [0.4, 0.5) is 0 Å². The van der Waals surface area contributed by atoms with Crippen molar-refractivity contribution in [1.29, 1.82) is 0 Å². The Hall–Kier alpha value is -3.03. The fourth-order valence-corrected chi connectivity index (χ4v) is 4.06. The van der Waals surface area contributed by atoms with Crippen LogP contribution in [0.5, 0.6) is 0 Å². The molecule has 1 amide bonds. The zero-order chi connectivity index (χ0) is 20.2. The summed E-state index contributed by atoms with van der Waals surface area (Å²) in [5.41, 5.74) is 3.45. The summed E-state index contributed by atoms with van der Waals surface area (Å²) < 4.78 is 7.20. The first-order valence-electron chi connectivity index (χ1n) is 10.1. The summed E-state index contributed by atoms with van der Waals surface area (Å²) >= 11 is 0. The van der Waals surface area contributed by atoms with E-state index in [0.29, 0.717) is 13.0 Å². The maximum absolute atomic E-state index is 12.7. The van der Waals surface area contributed by atoms with Crippen LogP contribution in [0.1, 0.15) is 42.8 Å². The molecular formula is C21H26N6O2. The van der Waals surface area contributed by atoms with Gasteiger partial charge in [-0.25, -0.2) is 9.97 Å². The third kappa shape index (κ3) is 4.36. The fraction of sp³-hybridized carbons (Fsp3) is 0.476. The molecule has 0 N–H and O–H groups in total. The van der Waals surface area contributed by atoms with Gasteiger partial charge in [0.15, 0.2) is 0 Å². The summed E-state index contributed by atoms with van der Waals surface area (Å²) in [6.45, 7) is 5.31. The van der Waals surface area contributed by atoms with Crippen LogP contribution in [0.3, 0.4) is 0 Å². The molecule has 4 rings (SSSR count). The van der Waals surface area contributed by atoms with Crippen LogP contribution >= 0.6 is 0 Å². The number of rotatable bonds is 7. The van der Waals surface area contributed by atoms with Gasteiger partial charge in [-0.3, -0.25) is 9.78 Å². The molecule has 8 heteroatoms. The Labute approximate surface area is 170 Å². The van der Waals surface area contributed by atoms with Gasteiger partial charge in [-0.2, -0.15) is 0 Å². The lowest BCUT2D eigenvalue weighted by Gasteiger charge is -2.25. The Kier molecular flexibility index (Phi) is 5.69. The number of amides is 1. The van der Waals surface area contributed by atoms with Gasteiger partial charge in [-0.1, -0.05) is 5.16 Å². The van der Waals surface area contributed by atoms with Crippen molar-refractivity contribution in [3.8, 4) is 11.3 Å². The minimum Gasteiger partial charge on any atom is -0.361 e. The van der Waals surface area contributed by atoms with Crippen molar-refractivity contribution in [1.82, 2.24) is 29.6 Å². The summed E-state index contributed by atoms with van der Waals surface area (Å²) in [7, 11) is 0. The van der Waals surface area contributed by atoms with Crippen LogP contribution in [0.15, 0.2) is 35.6 Å². The average Bonchev–Trinajstić information content (AvgIpc) is 3.47. The third-order valence-corrected chi connectivity index (χ3v) is 5.55. The molecule has 29 heavy (non-hydrogen) atoms. The average molecular weight is 394 g/mol. The van der Waals surface area contributed by atoms with E-state index in [2.05, 4.69) is 15.1 Å². The highest BCUT2D eigenvalue weighted by molar-refractivity contribution is 5.76. The number of hydrogen-bond acceptors (Lipinski definition) is 6. The molecule has 0 saturated carbocycles. The highest BCUT2D eigenvalue weighted by Crippen LogP contribution is 2.26. The van der Waals surface area contributed by atoms with Gasteiger partial charge < -0.3 is 14.0 Å². The second-order valence-corrected chi connectivity index (χ2v) is 7.57. The second-order valence-electron chi connectivity index (χ2n) is 7.57. The standard InChI is InChI=1S/C21H26N6O2/c1-15-21(16(2)29-25-15)19-13-23-12-17(24-19)5-6-18-4-3-9-27(18)20(28)7-10-26-11-8-22-14-26/h8,11-14,18H,3-7,9-10H2,1-2H3. The second kappa shape index (κ2) is 8.55. The molecule has 1 atom stereocenters. The van der Waals surface area contributed by atoms with E-state index in [-0.39, 0.29) is 11.9 Å². The Balaban J connectivity index is 1.37. The predicted molar refractivity (Wildman–Crippen MR) is 107 cm³/mol. The van der Waals surface area contributed by atoms with Crippen molar-refractivity contribution >= 4 is 5.91 Å². The molecule has 152 valence electrons. The maximum Gasteiger partial charge on any atom is 0.224 e. The summed E-state index contributed by atoms with van der Waals surface area (Å²) in [6, 6.07) is 0.273. The zero-order valence-electron chi connectivity index (χ0n) is 16.9. The molecule has 1 unspecified atom stereocenters. The lowest BCUT2D eigenvalue weighted by atomic mass is 10.1. The van der Waals surface area contributed by atoms with Crippen LogP contribution < -0.4 is 0 Å². The lowest BCUT2D eigenvalue weighted by molar-refractivity contribution is -0.132. The molecule has 0 bridgehead atoms. The largest absolute Gasteiger partial charge is 0.361 e. The Morgan fingerprint density at radius 2 is 2.17 bits per heavy atom. The van der Waals surface area contributed by atoms with Crippen molar-refractivity contribution in [3.63, 3.8) is 0 Å². The molecule has 1 saturated heterocycles. The zero-order valence-corrected chi connectivity index (χ0v) is 16.9. The van der Waals surface area contributed by atoms with Gasteiger partial charge in [0.25, 0.3) is 0 Å². The first-order chi connectivity index (χ1) is 14.1. The van der Waals surface area contributed by atoms with Gasteiger partial charge in [0, 0.05) is 44.1 Å². The van der Waals surface area contributed by atoms with E-state index in [9.17, 15) is 4.79 Å². The molecule has 1 aliphatic heterocycles. The molecule has 0 aliphatic carbocycles. The van der Waals surface area contributed by atoms with Crippen molar-refractivity contribution in [3.05, 3.63) is 48.3 Å². The van der Waals surface area contributed by atoms with Crippen molar-refractivity contribution in [2.45, 2.75) is 58.5 Å². The summed E-state index contributed by atoms with van der Waals surface area (Å²) in [4.78, 5) is 27.9. The van der Waals surface area contributed by atoms with Gasteiger partial charge in [-0.15, -0.1) is 0 Å². The van der Waals surface area contributed by atoms with Gasteiger partial charge >= 0.3 is 0 Å².